The minimum atomic E-state index is -0.770. The second-order valence-electron chi connectivity index (χ2n) is 5.87. The van der Waals surface area contributed by atoms with Crippen LogP contribution in [0.3, 0.4) is 0 Å². The number of ether oxygens (including phenoxy) is 2. The Morgan fingerprint density at radius 1 is 1.50 bits per heavy atom. The van der Waals surface area contributed by atoms with Gasteiger partial charge in [0.05, 0.1) is 13.2 Å². The fourth-order valence-corrected chi connectivity index (χ4v) is 3.30. The summed E-state index contributed by atoms with van der Waals surface area (Å²) in [7, 11) is 1.62. The number of aliphatic carboxylic acids is 1. The average molecular weight is 276 g/mol. The van der Waals surface area contributed by atoms with Crippen molar-refractivity contribution < 1.29 is 19.4 Å². The SMILES string of the molecule is COc1cccc(CC2(C(=O)O)CCOC2C2CC2)c1. The fraction of sp³-hybridized carbons (Fsp3) is 0.562. The van der Waals surface area contributed by atoms with E-state index in [4.69, 9.17) is 9.47 Å². The number of rotatable bonds is 5. The monoisotopic (exact) mass is 276 g/mol. The van der Waals surface area contributed by atoms with Crippen molar-refractivity contribution in [1.29, 1.82) is 0 Å². The van der Waals surface area contributed by atoms with Crippen molar-refractivity contribution in [2.24, 2.45) is 11.3 Å². The smallest absolute Gasteiger partial charge is 0.312 e. The minimum Gasteiger partial charge on any atom is -0.497 e. The van der Waals surface area contributed by atoms with Gasteiger partial charge in [0.2, 0.25) is 0 Å². The Bertz CT molecular complexity index is 509. The van der Waals surface area contributed by atoms with Crippen LogP contribution >= 0.6 is 0 Å². The molecule has 3 rings (SSSR count). The summed E-state index contributed by atoms with van der Waals surface area (Å²) in [6, 6.07) is 7.68. The van der Waals surface area contributed by atoms with E-state index in [0.717, 1.165) is 24.2 Å². The Morgan fingerprint density at radius 3 is 2.95 bits per heavy atom. The zero-order valence-corrected chi connectivity index (χ0v) is 11.7. The van der Waals surface area contributed by atoms with Crippen molar-refractivity contribution in [3.8, 4) is 5.75 Å². The van der Waals surface area contributed by atoms with Gasteiger partial charge in [-0.05, 0) is 49.3 Å². The van der Waals surface area contributed by atoms with Crippen LogP contribution in [0.2, 0.25) is 0 Å². The summed E-state index contributed by atoms with van der Waals surface area (Å²) in [5, 5.41) is 9.79. The Hall–Kier alpha value is -1.55. The van der Waals surface area contributed by atoms with Crippen LogP contribution in [0.15, 0.2) is 24.3 Å². The van der Waals surface area contributed by atoms with Gasteiger partial charge in [-0.15, -0.1) is 0 Å². The predicted octanol–water partition coefficient (Wildman–Crippen LogP) is 2.51. The molecule has 1 aromatic carbocycles. The van der Waals surface area contributed by atoms with Gasteiger partial charge in [0, 0.05) is 6.61 Å². The molecule has 0 spiro atoms. The number of carbonyl (C=O) groups is 1. The molecule has 0 bridgehead atoms. The summed E-state index contributed by atoms with van der Waals surface area (Å²) in [6.45, 7) is 0.553. The molecule has 1 aliphatic carbocycles. The maximum atomic E-state index is 11.9. The zero-order chi connectivity index (χ0) is 14.2. The van der Waals surface area contributed by atoms with E-state index in [1.807, 2.05) is 24.3 Å². The van der Waals surface area contributed by atoms with Crippen LogP contribution in [-0.2, 0) is 16.0 Å². The Balaban J connectivity index is 1.88. The molecule has 20 heavy (non-hydrogen) atoms. The Morgan fingerprint density at radius 2 is 2.30 bits per heavy atom. The van der Waals surface area contributed by atoms with Crippen molar-refractivity contribution in [2.75, 3.05) is 13.7 Å². The first-order valence-corrected chi connectivity index (χ1v) is 7.14. The van der Waals surface area contributed by atoms with Crippen LogP contribution < -0.4 is 4.74 Å². The summed E-state index contributed by atoms with van der Waals surface area (Å²) in [4.78, 5) is 11.9. The van der Waals surface area contributed by atoms with Crippen LogP contribution in [0, 0.1) is 11.3 Å². The third-order valence-electron chi connectivity index (χ3n) is 4.52. The molecule has 108 valence electrons. The second kappa shape index (κ2) is 5.09. The molecular formula is C16H20O4. The zero-order valence-electron chi connectivity index (χ0n) is 11.7. The maximum Gasteiger partial charge on any atom is 0.312 e. The van der Waals surface area contributed by atoms with Gasteiger partial charge >= 0.3 is 5.97 Å². The van der Waals surface area contributed by atoms with Crippen LogP contribution in [-0.4, -0.2) is 30.9 Å². The third-order valence-corrected chi connectivity index (χ3v) is 4.52. The van der Waals surface area contributed by atoms with Gasteiger partial charge in [0.15, 0.2) is 0 Å². The van der Waals surface area contributed by atoms with Crippen LogP contribution in [0.5, 0.6) is 5.75 Å². The standard InChI is InChI=1S/C16H20O4/c1-19-13-4-2-3-11(9-13)10-16(15(17)18)7-8-20-14(16)12-5-6-12/h2-4,9,12,14H,5-8,10H2,1H3,(H,17,18). The van der Waals surface area contributed by atoms with Gasteiger partial charge in [-0.1, -0.05) is 12.1 Å². The first kappa shape index (κ1) is 13.4. The lowest BCUT2D eigenvalue weighted by Gasteiger charge is -2.30. The highest BCUT2D eigenvalue weighted by Gasteiger charge is 2.55. The van der Waals surface area contributed by atoms with E-state index in [0.29, 0.717) is 25.4 Å². The number of methoxy groups -OCH3 is 1. The van der Waals surface area contributed by atoms with Crippen molar-refractivity contribution in [3.05, 3.63) is 29.8 Å². The van der Waals surface area contributed by atoms with Gasteiger partial charge in [-0.2, -0.15) is 0 Å². The lowest BCUT2D eigenvalue weighted by atomic mass is 9.74. The van der Waals surface area contributed by atoms with E-state index < -0.39 is 11.4 Å². The molecule has 4 heteroatoms. The minimum absolute atomic E-state index is 0.133. The molecule has 0 amide bonds. The van der Waals surface area contributed by atoms with Crippen LogP contribution in [0.25, 0.3) is 0 Å². The van der Waals surface area contributed by atoms with E-state index in [1.165, 1.54) is 0 Å². The molecular weight excluding hydrogens is 256 g/mol. The number of carboxylic acids is 1. The molecule has 2 fully saturated rings. The molecule has 1 heterocycles. The molecule has 2 aliphatic rings. The van der Waals surface area contributed by atoms with Crippen LogP contribution in [0.1, 0.15) is 24.8 Å². The highest BCUT2D eigenvalue weighted by Crippen LogP contribution is 2.49. The largest absolute Gasteiger partial charge is 0.497 e. The van der Waals surface area contributed by atoms with E-state index >= 15 is 0 Å². The molecule has 0 aromatic heterocycles. The second-order valence-corrected chi connectivity index (χ2v) is 5.87. The highest BCUT2D eigenvalue weighted by molar-refractivity contribution is 5.76. The summed E-state index contributed by atoms with van der Waals surface area (Å²) in [5.74, 6) is 0.471. The van der Waals surface area contributed by atoms with Gasteiger partial charge < -0.3 is 14.6 Å². The van der Waals surface area contributed by atoms with Crippen molar-refractivity contribution >= 4 is 5.97 Å². The molecule has 1 saturated carbocycles. The molecule has 2 unspecified atom stereocenters. The quantitative estimate of drug-likeness (QED) is 0.897. The average Bonchev–Trinajstić information content (AvgIpc) is 3.20. The van der Waals surface area contributed by atoms with Gasteiger partial charge in [0.25, 0.3) is 0 Å². The summed E-state index contributed by atoms with van der Waals surface area (Å²) in [6.07, 6.45) is 3.17. The first-order chi connectivity index (χ1) is 9.65. The maximum absolute atomic E-state index is 11.9. The van der Waals surface area contributed by atoms with E-state index in [9.17, 15) is 9.90 Å². The first-order valence-electron chi connectivity index (χ1n) is 7.14. The Kier molecular flexibility index (Phi) is 3.42. The molecule has 0 radical (unpaired) electrons. The number of carboxylic acid groups (broad SMARTS) is 1. The summed E-state index contributed by atoms with van der Waals surface area (Å²) < 4.78 is 11.0. The molecule has 1 saturated heterocycles. The Labute approximate surface area is 118 Å². The molecule has 1 N–H and O–H groups in total. The normalized spacial score (nSPS) is 29.4. The fourth-order valence-electron chi connectivity index (χ4n) is 3.30. The highest BCUT2D eigenvalue weighted by atomic mass is 16.5. The molecule has 2 atom stereocenters. The third kappa shape index (κ3) is 2.29. The molecule has 4 nitrogen and oxygen atoms in total. The number of hydrogen-bond acceptors (Lipinski definition) is 3. The summed E-state index contributed by atoms with van der Waals surface area (Å²) in [5.41, 5.74) is 0.232. The van der Waals surface area contributed by atoms with Gasteiger partial charge in [0.1, 0.15) is 11.2 Å². The van der Waals surface area contributed by atoms with Crippen LogP contribution in [0.4, 0.5) is 0 Å². The van der Waals surface area contributed by atoms with E-state index in [-0.39, 0.29) is 6.10 Å². The van der Waals surface area contributed by atoms with Crippen molar-refractivity contribution in [1.82, 2.24) is 0 Å². The van der Waals surface area contributed by atoms with E-state index in [2.05, 4.69) is 0 Å². The van der Waals surface area contributed by atoms with Crippen molar-refractivity contribution in [3.63, 3.8) is 0 Å². The lowest BCUT2D eigenvalue weighted by Crippen LogP contribution is -2.42. The topological polar surface area (TPSA) is 55.8 Å². The lowest BCUT2D eigenvalue weighted by molar-refractivity contribution is -0.153. The number of hydrogen-bond donors (Lipinski definition) is 1. The van der Waals surface area contributed by atoms with E-state index in [1.54, 1.807) is 7.11 Å². The predicted molar refractivity (Wildman–Crippen MR) is 73.8 cm³/mol. The molecule has 1 aromatic rings. The summed E-state index contributed by atoms with van der Waals surface area (Å²) >= 11 is 0. The van der Waals surface area contributed by atoms with Gasteiger partial charge in [-0.25, -0.2) is 0 Å². The molecule has 1 aliphatic heterocycles. The number of benzene rings is 1. The van der Waals surface area contributed by atoms with Gasteiger partial charge in [-0.3, -0.25) is 4.79 Å². The van der Waals surface area contributed by atoms with Crippen molar-refractivity contribution in [2.45, 2.75) is 31.8 Å².